The van der Waals surface area contributed by atoms with Crippen LogP contribution in [0.5, 0.6) is 5.88 Å². The summed E-state index contributed by atoms with van der Waals surface area (Å²) in [5, 5.41) is 10.4. The molecule has 1 aliphatic heterocycles. The highest BCUT2D eigenvalue weighted by atomic mass is 32.2. The minimum atomic E-state index is 0.180. The van der Waals surface area contributed by atoms with Gasteiger partial charge in [-0.15, -0.1) is 11.8 Å². The summed E-state index contributed by atoms with van der Waals surface area (Å²) in [5.41, 5.74) is 8.40. The number of methoxy groups -OCH3 is 1. The molecular formula is C19H20N6OS. The molecular weight excluding hydrogens is 360 g/mol. The number of ether oxygens (including phenoxy) is 1. The lowest BCUT2D eigenvalue weighted by Gasteiger charge is -2.31. The second kappa shape index (κ2) is 8.61. The molecule has 1 saturated heterocycles. The number of rotatable bonds is 5. The molecule has 0 aromatic carbocycles. The van der Waals surface area contributed by atoms with Crippen molar-refractivity contribution in [2.24, 2.45) is 0 Å². The van der Waals surface area contributed by atoms with Crippen LogP contribution in [0.25, 0.3) is 4.85 Å². The third kappa shape index (κ3) is 4.07. The Morgan fingerprint density at radius 3 is 2.74 bits per heavy atom. The summed E-state index contributed by atoms with van der Waals surface area (Å²) in [5.74, 6) is 1.33. The molecule has 2 N–H and O–H groups in total. The lowest BCUT2D eigenvalue weighted by atomic mass is 10.1. The quantitative estimate of drug-likeness (QED) is 0.623. The van der Waals surface area contributed by atoms with Crippen molar-refractivity contribution < 1.29 is 4.74 Å². The zero-order chi connectivity index (χ0) is 19.2. The highest BCUT2D eigenvalue weighted by Gasteiger charge is 2.24. The molecule has 0 spiro atoms. The van der Waals surface area contributed by atoms with E-state index in [0.717, 1.165) is 31.5 Å². The highest BCUT2D eigenvalue weighted by Crippen LogP contribution is 2.42. The van der Waals surface area contributed by atoms with Gasteiger partial charge in [0, 0.05) is 31.1 Å². The highest BCUT2D eigenvalue weighted by molar-refractivity contribution is 7.98. The molecule has 0 aliphatic carbocycles. The van der Waals surface area contributed by atoms with Crippen molar-refractivity contribution in [1.82, 2.24) is 9.97 Å². The molecule has 1 fully saturated rings. The van der Waals surface area contributed by atoms with Crippen LogP contribution in [0.1, 0.15) is 30.4 Å². The molecule has 0 amide bonds. The summed E-state index contributed by atoms with van der Waals surface area (Å²) in [6.07, 6.45) is 4.99. The summed E-state index contributed by atoms with van der Waals surface area (Å²) in [6, 6.07) is 5.98. The fourth-order valence-electron chi connectivity index (χ4n) is 3.07. The molecule has 0 atom stereocenters. The Labute approximate surface area is 163 Å². The molecule has 0 radical (unpaired) electrons. The van der Waals surface area contributed by atoms with Crippen molar-refractivity contribution >= 4 is 29.0 Å². The van der Waals surface area contributed by atoms with Crippen LogP contribution >= 0.6 is 11.8 Å². The Balaban J connectivity index is 1.93. The zero-order valence-electron chi connectivity index (χ0n) is 15.1. The van der Waals surface area contributed by atoms with E-state index in [1.54, 1.807) is 19.4 Å². The predicted octanol–water partition coefficient (Wildman–Crippen LogP) is 3.77. The smallest absolute Gasteiger partial charge is 0.251 e. The molecule has 8 heteroatoms. The molecule has 1 aliphatic rings. The molecule has 0 saturated carbocycles. The van der Waals surface area contributed by atoms with E-state index in [2.05, 4.69) is 25.8 Å². The topological polar surface area (TPSA) is 92.4 Å². The van der Waals surface area contributed by atoms with E-state index in [4.69, 9.17) is 17.0 Å². The summed E-state index contributed by atoms with van der Waals surface area (Å²) in [6.45, 7) is 9.16. The number of nitrogen functional groups attached to an aromatic ring is 1. The van der Waals surface area contributed by atoms with Gasteiger partial charge in [-0.2, -0.15) is 5.26 Å². The lowest BCUT2D eigenvalue weighted by molar-refractivity contribution is 0.397. The van der Waals surface area contributed by atoms with Gasteiger partial charge < -0.3 is 15.4 Å². The van der Waals surface area contributed by atoms with Gasteiger partial charge in [0.05, 0.1) is 24.9 Å². The molecule has 2 aromatic rings. The molecule has 0 bridgehead atoms. The Bertz CT molecular complexity index is 894. The zero-order valence-corrected chi connectivity index (χ0v) is 15.9. The lowest BCUT2D eigenvalue weighted by Crippen LogP contribution is -2.30. The molecule has 3 rings (SSSR count). The van der Waals surface area contributed by atoms with Crippen LogP contribution < -0.4 is 15.4 Å². The molecule has 27 heavy (non-hydrogen) atoms. The number of nitrogens with zero attached hydrogens (tertiary/aromatic N) is 5. The van der Waals surface area contributed by atoms with E-state index in [0.29, 0.717) is 27.9 Å². The molecule has 7 nitrogen and oxygen atoms in total. The molecule has 138 valence electrons. The second-order valence-electron chi connectivity index (χ2n) is 6.14. The fraction of sp³-hybridized carbons (Fsp3) is 0.368. The van der Waals surface area contributed by atoms with Gasteiger partial charge in [0.15, 0.2) is 0 Å². The maximum atomic E-state index is 9.80. The molecule has 3 heterocycles. The Hall–Kier alpha value is -2.97. The average Bonchev–Trinajstić information content (AvgIpc) is 2.72. The fourth-order valence-corrected chi connectivity index (χ4v) is 3.99. The SMILES string of the molecule is [C-]#[N+]c1c(N)nc(SCc2ccc(OC)nc2)c(C#N)c1N1CCCCC1. The van der Waals surface area contributed by atoms with Crippen molar-refractivity contribution in [2.75, 3.05) is 30.8 Å². The first kappa shape index (κ1) is 18.8. The minimum absolute atomic E-state index is 0.180. The van der Waals surface area contributed by atoms with Crippen molar-refractivity contribution in [1.29, 1.82) is 5.26 Å². The van der Waals surface area contributed by atoms with Crippen molar-refractivity contribution in [3.05, 3.63) is 40.9 Å². The van der Waals surface area contributed by atoms with Crippen LogP contribution in [-0.2, 0) is 5.75 Å². The first-order valence-corrected chi connectivity index (χ1v) is 9.64. The van der Waals surface area contributed by atoms with Crippen LogP contribution in [0.2, 0.25) is 0 Å². The maximum Gasteiger partial charge on any atom is 0.251 e. The van der Waals surface area contributed by atoms with Crippen LogP contribution in [0.15, 0.2) is 23.4 Å². The van der Waals surface area contributed by atoms with Crippen LogP contribution in [0.4, 0.5) is 17.2 Å². The number of pyridine rings is 2. The number of piperidine rings is 1. The summed E-state index contributed by atoms with van der Waals surface area (Å²) in [4.78, 5) is 14.2. The number of hydrogen-bond acceptors (Lipinski definition) is 7. The molecule has 2 aromatic heterocycles. The van der Waals surface area contributed by atoms with Gasteiger partial charge in [0.1, 0.15) is 16.9 Å². The van der Waals surface area contributed by atoms with Crippen molar-refractivity contribution in [2.45, 2.75) is 30.0 Å². The van der Waals surface area contributed by atoms with Gasteiger partial charge >= 0.3 is 0 Å². The number of aromatic nitrogens is 2. The Kier molecular flexibility index (Phi) is 6.00. The van der Waals surface area contributed by atoms with Gasteiger partial charge in [-0.25, -0.2) is 14.8 Å². The van der Waals surface area contributed by atoms with E-state index in [1.165, 1.54) is 18.2 Å². The monoisotopic (exact) mass is 380 g/mol. The maximum absolute atomic E-state index is 9.80. The Morgan fingerprint density at radius 1 is 1.37 bits per heavy atom. The number of nitrogens with two attached hydrogens (primary N) is 1. The van der Waals surface area contributed by atoms with Crippen LogP contribution in [0, 0.1) is 17.9 Å². The Morgan fingerprint density at radius 2 is 2.15 bits per heavy atom. The predicted molar refractivity (Wildman–Crippen MR) is 106 cm³/mol. The summed E-state index contributed by atoms with van der Waals surface area (Å²) in [7, 11) is 1.57. The number of nitriles is 1. The van der Waals surface area contributed by atoms with Gasteiger partial charge in [-0.3, -0.25) is 0 Å². The van der Waals surface area contributed by atoms with Gasteiger partial charge in [-0.1, -0.05) is 6.07 Å². The van der Waals surface area contributed by atoms with Crippen LogP contribution in [0.3, 0.4) is 0 Å². The number of thioether (sulfide) groups is 1. The number of anilines is 2. The summed E-state index contributed by atoms with van der Waals surface area (Å²) >= 11 is 1.43. The normalized spacial score (nSPS) is 13.7. The third-order valence-electron chi connectivity index (χ3n) is 4.42. The van der Waals surface area contributed by atoms with Gasteiger partial charge in [0.2, 0.25) is 5.88 Å². The average molecular weight is 380 g/mol. The van der Waals surface area contributed by atoms with Crippen molar-refractivity contribution in [3.8, 4) is 11.9 Å². The second-order valence-corrected chi connectivity index (χ2v) is 7.11. The van der Waals surface area contributed by atoms with Crippen molar-refractivity contribution in [3.63, 3.8) is 0 Å². The first-order valence-electron chi connectivity index (χ1n) is 8.65. The third-order valence-corrected chi connectivity index (χ3v) is 5.46. The number of hydrogen-bond donors (Lipinski definition) is 1. The first-order chi connectivity index (χ1) is 13.2. The minimum Gasteiger partial charge on any atom is -0.481 e. The van der Waals surface area contributed by atoms with E-state index < -0.39 is 0 Å². The van der Waals surface area contributed by atoms with E-state index in [1.807, 2.05) is 6.07 Å². The van der Waals surface area contributed by atoms with E-state index in [-0.39, 0.29) is 11.5 Å². The van der Waals surface area contributed by atoms with E-state index >= 15 is 0 Å². The van der Waals surface area contributed by atoms with Crippen LogP contribution in [-0.4, -0.2) is 30.2 Å². The molecule has 0 unspecified atom stereocenters. The standard InChI is InChI=1S/C19H20N6OS/c1-22-16-17(25-8-4-3-5-9-25)14(10-20)19(24-18(16)21)27-12-13-6-7-15(26-2)23-11-13/h6-7,11H,3-5,8-9,12H2,2H3,(H2,21,24). The largest absolute Gasteiger partial charge is 0.481 e. The summed E-state index contributed by atoms with van der Waals surface area (Å²) < 4.78 is 5.07. The van der Waals surface area contributed by atoms with Gasteiger partial charge in [0.25, 0.3) is 5.69 Å². The van der Waals surface area contributed by atoms with Gasteiger partial charge in [-0.05, 0) is 24.8 Å². The van der Waals surface area contributed by atoms with E-state index in [9.17, 15) is 5.26 Å².